The number of rotatable bonds is 5. The van der Waals surface area contributed by atoms with E-state index >= 15 is 0 Å². The molecule has 0 saturated carbocycles. The van der Waals surface area contributed by atoms with E-state index in [1.165, 1.54) is 6.47 Å². The van der Waals surface area contributed by atoms with Gasteiger partial charge in [0.25, 0.3) is 0 Å². The van der Waals surface area contributed by atoms with E-state index in [4.69, 9.17) is 9.47 Å². The number of hydrogen-bond donors (Lipinski definition) is 0. The number of carbonyl (C=O) groups is 1. The molecule has 4 nitrogen and oxygen atoms in total. The zero-order valence-corrected chi connectivity index (χ0v) is 10.8. The van der Waals surface area contributed by atoms with Crippen LogP contribution >= 0.6 is 0 Å². The van der Waals surface area contributed by atoms with E-state index in [1.54, 1.807) is 32.9 Å². The molecule has 18 heavy (non-hydrogen) atoms. The summed E-state index contributed by atoms with van der Waals surface area (Å²) in [5, 5.41) is 0. The van der Waals surface area contributed by atoms with Gasteiger partial charge in [0, 0.05) is 0 Å². The van der Waals surface area contributed by atoms with Crippen LogP contribution in [0, 0.1) is 5.41 Å². The molecule has 0 aliphatic heterocycles. The fraction of sp³-hybridized carbons (Fsp3) is 0.429. The van der Waals surface area contributed by atoms with Crippen molar-refractivity contribution in [1.29, 1.82) is 0 Å². The van der Waals surface area contributed by atoms with Crippen molar-refractivity contribution in [2.75, 3.05) is 6.61 Å². The Bertz CT molecular complexity index is 392. The zero-order valence-electron chi connectivity index (χ0n) is 10.8. The lowest BCUT2D eigenvalue weighted by Gasteiger charge is -2.20. The van der Waals surface area contributed by atoms with Crippen molar-refractivity contribution in [3.05, 3.63) is 35.9 Å². The molecule has 0 aliphatic rings. The Morgan fingerprint density at radius 3 is 2.39 bits per heavy atom. The van der Waals surface area contributed by atoms with Crippen LogP contribution in [-0.2, 0) is 19.1 Å². The molecule has 0 spiro atoms. The van der Waals surface area contributed by atoms with Crippen LogP contribution in [0.4, 0.5) is 0 Å². The summed E-state index contributed by atoms with van der Waals surface area (Å²) in [4.78, 5) is 22.0. The monoisotopic (exact) mass is 249 g/mol. The summed E-state index contributed by atoms with van der Waals surface area (Å²) >= 11 is 0. The zero-order chi connectivity index (χ0) is 13.6. The lowest BCUT2D eigenvalue weighted by atomic mass is 9.97. The first-order valence-corrected chi connectivity index (χ1v) is 5.70. The first kappa shape index (κ1) is 14.2. The minimum atomic E-state index is -0.616. The van der Waals surface area contributed by atoms with E-state index in [0.29, 0.717) is 0 Å². The van der Waals surface area contributed by atoms with E-state index in [-0.39, 0.29) is 12.6 Å². The highest BCUT2D eigenvalue weighted by Crippen LogP contribution is 2.20. The van der Waals surface area contributed by atoms with Crippen LogP contribution in [0.3, 0.4) is 0 Å². The average molecular weight is 249 g/mol. The summed E-state index contributed by atoms with van der Waals surface area (Å²) in [5.74, 6) is -0.335. The van der Waals surface area contributed by atoms with Gasteiger partial charge in [-0.15, -0.1) is 0 Å². The summed E-state index contributed by atoms with van der Waals surface area (Å²) in [7, 11) is 0. The highest BCUT2D eigenvalue weighted by atomic mass is 16.6. The second-order valence-corrected chi connectivity index (χ2v) is 4.95. The first-order chi connectivity index (χ1) is 8.45. The average Bonchev–Trinajstić information content (AvgIpc) is 2.34. The van der Waals surface area contributed by atoms with Gasteiger partial charge in [-0.05, 0) is 26.3 Å². The molecule has 1 radical (unpaired) electrons. The maximum Gasteiger partial charge on any atom is 0.418 e. The molecule has 1 rings (SSSR count). The Balaban J connectivity index is 2.65. The van der Waals surface area contributed by atoms with Gasteiger partial charge in [-0.1, -0.05) is 30.3 Å². The van der Waals surface area contributed by atoms with Crippen LogP contribution in [0.2, 0.25) is 0 Å². The maximum absolute atomic E-state index is 11.6. The van der Waals surface area contributed by atoms with E-state index in [0.717, 1.165) is 5.56 Å². The Morgan fingerprint density at radius 2 is 1.89 bits per heavy atom. The van der Waals surface area contributed by atoms with Crippen molar-refractivity contribution in [3.63, 3.8) is 0 Å². The second kappa shape index (κ2) is 6.19. The van der Waals surface area contributed by atoms with Gasteiger partial charge in [-0.3, -0.25) is 4.79 Å². The molecule has 0 N–H and O–H groups in total. The third-order valence-electron chi connectivity index (χ3n) is 2.34. The molecule has 1 aromatic carbocycles. The molecular formula is C14H17O4. The smallest absolute Gasteiger partial charge is 0.418 e. The van der Waals surface area contributed by atoms with Gasteiger partial charge in [0.15, 0.2) is 6.10 Å². The van der Waals surface area contributed by atoms with Crippen molar-refractivity contribution in [2.45, 2.75) is 26.9 Å². The number of hydrogen-bond acceptors (Lipinski definition) is 4. The van der Waals surface area contributed by atoms with Crippen molar-refractivity contribution in [1.82, 2.24) is 0 Å². The lowest BCUT2D eigenvalue weighted by molar-refractivity contribution is -0.155. The summed E-state index contributed by atoms with van der Waals surface area (Å²) < 4.78 is 9.94. The van der Waals surface area contributed by atoms with Crippen molar-refractivity contribution in [3.8, 4) is 0 Å². The normalized spacial score (nSPS) is 12.6. The SMILES string of the molecule is CC(C)(C)C(=O)OCC(O[C]=O)c1ccccc1. The van der Waals surface area contributed by atoms with E-state index < -0.39 is 11.5 Å². The van der Waals surface area contributed by atoms with E-state index in [1.807, 2.05) is 18.2 Å². The van der Waals surface area contributed by atoms with Gasteiger partial charge >= 0.3 is 12.4 Å². The highest BCUT2D eigenvalue weighted by molar-refractivity contribution is 5.75. The van der Waals surface area contributed by atoms with Crippen LogP contribution in [0.1, 0.15) is 32.4 Å². The molecule has 0 amide bonds. The number of esters is 1. The minimum absolute atomic E-state index is 0.00461. The fourth-order valence-electron chi connectivity index (χ4n) is 1.29. The number of benzene rings is 1. The van der Waals surface area contributed by atoms with Gasteiger partial charge in [0.1, 0.15) is 6.61 Å². The molecule has 1 atom stereocenters. The molecule has 4 heteroatoms. The molecule has 1 aromatic rings. The maximum atomic E-state index is 11.6. The quantitative estimate of drug-likeness (QED) is 0.752. The minimum Gasteiger partial charge on any atom is -0.461 e. The molecule has 1 unspecified atom stereocenters. The van der Waals surface area contributed by atoms with Gasteiger partial charge in [0.05, 0.1) is 5.41 Å². The standard InChI is InChI=1S/C14H17O4/c1-14(2,3)13(16)17-9-12(18-10-15)11-7-5-4-6-8-11/h4-8,12H,9H2,1-3H3. The van der Waals surface area contributed by atoms with Crippen molar-refractivity contribution >= 4 is 12.4 Å². The highest BCUT2D eigenvalue weighted by Gasteiger charge is 2.25. The summed E-state index contributed by atoms with van der Waals surface area (Å²) in [6, 6.07) is 9.09. The molecule has 0 bridgehead atoms. The molecular weight excluding hydrogens is 232 g/mol. The first-order valence-electron chi connectivity index (χ1n) is 5.70. The van der Waals surface area contributed by atoms with Gasteiger partial charge < -0.3 is 9.47 Å². The van der Waals surface area contributed by atoms with Crippen LogP contribution in [0.15, 0.2) is 30.3 Å². The number of carbonyl (C=O) groups excluding carboxylic acids is 2. The lowest BCUT2D eigenvalue weighted by Crippen LogP contribution is -2.25. The molecule has 0 aliphatic carbocycles. The Morgan fingerprint density at radius 1 is 1.28 bits per heavy atom. The topological polar surface area (TPSA) is 52.6 Å². The van der Waals surface area contributed by atoms with Crippen LogP contribution in [0.5, 0.6) is 0 Å². The second-order valence-electron chi connectivity index (χ2n) is 4.95. The largest absolute Gasteiger partial charge is 0.461 e. The summed E-state index contributed by atoms with van der Waals surface area (Å²) in [6.07, 6.45) is -0.616. The van der Waals surface area contributed by atoms with E-state index in [2.05, 4.69) is 0 Å². The Hall–Kier alpha value is -1.84. The van der Waals surface area contributed by atoms with Crippen LogP contribution in [0.25, 0.3) is 0 Å². The molecule has 0 fully saturated rings. The predicted octanol–water partition coefficient (Wildman–Crippen LogP) is 2.40. The molecule has 97 valence electrons. The summed E-state index contributed by atoms with van der Waals surface area (Å²) in [5.41, 5.74) is 0.189. The van der Waals surface area contributed by atoms with Gasteiger partial charge in [-0.2, -0.15) is 0 Å². The predicted molar refractivity (Wildman–Crippen MR) is 66.4 cm³/mol. The Labute approximate surface area is 107 Å². The third kappa shape index (κ3) is 4.20. The van der Waals surface area contributed by atoms with Crippen LogP contribution < -0.4 is 0 Å². The fourth-order valence-corrected chi connectivity index (χ4v) is 1.29. The number of ether oxygens (including phenoxy) is 2. The summed E-state index contributed by atoms with van der Waals surface area (Å²) in [6.45, 7) is 6.67. The van der Waals surface area contributed by atoms with Gasteiger partial charge in [-0.25, -0.2) is 4.79 Å². The molecule has 0 saturated heterocycles. The molecule has 0 aromatic heterocycles. The third-order valence-corrected chi connectivity index (χ3v) is 2.34. The van der Waals surface area contributed by atoms with Crippen molar-refractivity contribution < 1.29 is 19.1 Å². The van der Waals surface area contributed by atoms with Crippen molar-refractivity contribution in [2.24, 2.45) is 5.41 Å². The molecule has 0 heterocycles. The van der Waals surface area contributed by atoms with Gasteiger partial charge in [0.2, 0.25) is 0 Å². The Kier molecular flexibility index (Phi) is 4.89. The van der Waals surface area contributed by atoms with Crippen LogP contribution in [-0.4, -0.2) is 19.0 Å². The van der Waals surface area contributed by atoms with E-state index in [9.17, 15) is 9.59 Å².